The van der Waals surface area contributed by atoms with Crippen LogP contribution in [0.2, 0.25) is 0 Å². The molecule has 1 aliphatic rings. The fourth-order valence-electron chi connectivity index (χ4n) is 1.75. The van der Waals surface area contributed by atoms with E-state index in [-0.39, 0.29) is 12.6 Å². The number of aliphatic hydroxyl groups is 1. The molecule has 14 heavy (non-hydrogen) atoms. The first-order chi connectivity index (χ1) is 6.81. The van der Waals surface area contributed by atoms with E-state index in [1.807, 2.05) is 0 Å². The first-order valence-electron chi connectivity index (χ1n) is 5.35. The highest BCUT2D eigenvalue weighted by molar-refractivity contribution is 7.80. The summed E-state index contributed by atoms with van der Waals surface area (Å²) in [4.78, 5) is 2.33. The highest BCUT2D eigenvalue weighted by Crippen LogP contribution is 2.13. The molecular formula is C10H21NO2S. The first-order valence-corrected chi connectivity index (χ1v) is 5.98. The lowest BCUT2D eigenvalue weighted by molar-refractivity contribution is -0.0324. The molecule has 0 radical (unpaired) electrons. The zero-order chi connectivity index (χ0) is 10.4. The second-order valence-corrected chi connectivity index (χ2v) is 4.23. The standard InChI is InChI=1S/C10H21NO2S/c1-2-9(8-14)5-11-3-4-13-7-10(11)6-12/h9-10,12,14H,2-8H2,1H3. The van der Waals surface area contributed by atoms with Gasteiger partial charge in [0, 0.05) is 13.1 Å². The van der Waals surface area contributed by atoms with Gasteiger partial charge in [0.15, 0.2) is 0 Å². The summed E-state index contributed by atoms with van der Waals surface area (Å²) in [5.74, 6) is 1.55. The Morgan fingerprint density at radius 2 is 2.43 bits per heavy atom. The summed E-state index contributed by atoms with van der Waals surface area (Å²) < 4.78 is 5.33. The number of rotatable bonds is 5. The van der Waals surface area contributed by atoms with E-state index in [9.17, 15) is 5.11 Å². The van der Waals surface area contributed by atoms with Gasteiger partial charge in [-0.3, -0.25) is 4.90 Å². The Labute approximate surface area is 91.8 Å². The van der Waals surface area contributed by atoms with Crippen molar-refractivity contribution < 1.29 is 9.84 Å². The number of ether oxygens (including phenoxy) is 1. The number of thiol groups is 1. The topological polar surface area (TPSA) is 32.7 Å². The molecule has 1 rings (SSSR count). The molecule has 0 amide bonds. The molecule has 0 aromatic heterocycles. The third-order valence-electron chi connectivity index (χ3n) is 2.89. The highest BCUT2D eigenvalue weighted by Gasteiger charge is 2.23. The third kappa shape index (κ3) is 3.42. The van der Waals surface area contributed by atoms with Gasteiger partial charge in [0.2, 0.25) is 0 Å². The summed E-state index contributed by atoms with van der Waals surface area (Å²) in [7, 11) is 0. The van der Waals surface area contributed by atoms with Crippen molar-refractivity contribution in [1.29, 1.82) is 0 Å². The van der Waals surface area contributed by atoms with Crippen LogP contribution in [0.25, 0.3) is 0 Å². The van der Waals surface area contributed by atoms with Crippen molar-refractivity contribution >= 4 is 12.6 Å². The van der Waals surface area contributed by atoms with Crippen molar-refractivity contribution in [3.63, 3.8) is 0 Å². The van der Waals surface area contributed by atoms with E-state index < -0.39 is 0 Å². The predicted octanol–water partition coefficient (Wildman–Crippen LogP) is 0.635. The van der Waals surface area contributed by atoms with Gasteiger partial charge in [-0.2, -0.15) is 12.6 Å². The van der Waals surface area contributed by atoms with Crippen LogP contribution < -0.4 is 0 Å². The molecule has 1 aliphatic heterocycles. The van der Waals surface area contributed by atoms with Gasteiger partial charge in [0.05, 0.1) is 25.9 Å². The largest absolute Gasteiger partial charge is 0.395 e. The Morgan fingerprint density at radius 1 is 1.64 bits per heavy atom. The number of morpholine rings is 1. The Morgan fingerprint density at radius 3 is 3.00 bits per heavy atom. The Hall–Kier alpha value is 0.230. The molecule has 1 saturated heterocycles. The number of hydrogen-bond acceptors (Lipinski definition) is 4. The Balaban J connectivity index is 2.39. The molecule has 0 aliphatic carbocycles. The normalized spacial score (nSPS) is 26.4. The maximum atomic E-state index is 9.18. The second-order valence-electron chi connectivity index (χ2n) is 3.86. The van der Waals surface area contributed by atoms with Crippen LogP contribution in [-0.2, 0) is 4.74 Å². The molecule has 1 N–H and O–H groups in total. The van der Waals surface area contributed by atoms with Crippen molar-refractivity contribution in [1.82, 2.24) is 4.90 Å². The Kier molecular flexibility index (Phi) is 5.86. The van der Waals surface area contributed by atoms with Crippen molar-refractivity contribution in [2.75, 3.05) is 38.7 Å². The smallest absolute Gasteiger partial charge is 0.0644 e. The second kappa shape index (κ2) is 6.67. The average molecular weight is 219 g/mol. The van der Waals surface area contributed by atoms with Gasteiger partial charge in [-0.15, -0.1) is 0 Å². The van der Waals surface area contributed by atoms with Gasteiger partial charge in [-0.1, -0.05) is 13.3 Å². The van der Waals surface area contributed by atoms with Crippen LogP contribution in [0.1, 0.15) is 13.3 Å². The molecule has 2 atom stereocenters. The van der Waals surface area contributed by atoms with Crippen LogP contribution in [0.4, 0.5) is 0 Å². The molecule has 0 spiro atoms. The van der Waals surface area contributed by atoms with Crippen LogP contribution >= 0.6 is 12.6 Å². The summed E-state index contributed by atoms with van der Waals surface area (Å²) in [5.41, 5.74) is 0. The molecule has 3 nitrogen and oxygen atoms in total. The van der Waals surface area contributed by atoms with Gasteiger partial charge >= 0.3 is 0 Å². The monoisotopic (exact) mass is 219 g/mol. The fraction of sp³-hybridized carbons (Fsp3) is 1.00. The van der Waals surface area contributed by atoms with Crippen LogP contribution in [-0.4, -0.2) is 54.7 Å². The molecule has 1 fully saturated rings. The van der Waals surface area contributed by atoms with Gasteiger partial charge in [0.1, 0.15) is 0 Å². The van der Waals surface area contributed by atoms with E-state index in [0.717, 1.165) is 31.9 Å². The minimum atomic E-state index is 0.192. The Bertz CT molecular complexity index is 153. The van der Waals surface area contributed by atoms with Gasteiger partial charge in [-0.05, 0) is 11.7 Å². The fourth-order valence-corrected chi connectivity index (χ4v) is 2.12. The van der Waals surface area contributed by atoms with E-state index in [4.69, 9.17) is 4.74 Å². The summed E-state index contributed by atoms with van der Waals surface area (Å²) in [6, 6.07) is 0.192. The van der Waals surface area contributed by atoms with Crippen LogP contribution in [0.5, 0.6) is 0 Å². The zero-order valence-electron chi connectivity index (χ0n) is 8.85. The summed E-state index contributed by atoms with van der Waals surface area (Å²) in [5, 5.41) is 9.18. The lowest BCUT2D eigenvalue weighted by Crippen LogP contribution is -2.49. The predicted molar refractivity (Wildman–Crippen MR) is 60.9 cm³/mol. The van der Waals surface area contributed by atoms with E-state index in [1.165, 1.54) is 0 Å². The van der Waals surface area contributed by atoms with Crippen LogP contribution in [0.3, 0.4) is 0 Å². The van der Waals surface area contributed by atoms with E-state index in [0.29, 0.717) is 12.5 Å². The molecule has 84 valence electrons. The molecular weight excluding hydrogens is 198 g/mol. The highest BCUT2D eigenvalue weighted by atomic mass is 32.1. The maximum Gasteiger partial charge on any atom is 0.0644 e. The number of nitrogens with zero attached hydrogens (tertiary/aromatic N) is 1. The first kappa shape index (κ1) is 12.3. The number of aliphatic hydroxyl groups excluding tert-OH is 1. The molecule has 0 aromatic rings. The van der Waals surface area contributed by atoms with Gasteiger partial charge < -0.3 is 9.84 Å². The molecule has 0 aromatic carbocycles. The molecule has 0 bridgehead atoms. The quantitative estimate of drug-likeness (QED) is 0.666. The minimum Gasteiger partial charge on any atom is -0.395 e. The van der Waals surface area contributed by atoms with E-state index >= 15 is 0 Å². The minimum absolute atomic E-state index is 0.192. The molecule has 1 heterocycles. The van der Waals surface area contributed by atoms with Crippen LogP contribution in [0, 0.1) is 5.92 Å². The van der Waals surface area contributed by atoms with Crippen LogP contribution in [0.15, 0.2) is 0 Å². The number of hydrogen-bond donors (Lipinski definition) is 2. The summed E-state index contributed by atoms with van der Waals surface area (Å²) in [6.45, 7) is 5.82. The van der Waals surface area contributed by atoms with Gasteiger partial charge in [0.25, 0.3) is 0 Å². The third-order valence-corrected chi connectivity index (χ3v) is 3.40. The molecule has 4 heteroatoms. The van der Waals surface area contributed by atoms with Crippen molar-refractivity contribution in [3.8, 4) is 0 Å². The van der Waals surface area contributed by atoms with Crippen molar-refractivity contribution in [2.24, 2.45) is 5.92 Å². The zero-order valence-corrected chi connectivity index (χ0v) is 9.75. The maximum absolute atomic E-state index is 9.18. The van der Waals surface area contributed by atoms with E-state index in [2.05, 4.69) is 24.5 Å². The van der Waals surface area contributed by atoms with Crippen molar-refractivity contribution in [3.05, 3.63) is 0 Å². The lowest BCUT2D eigenvalue weighted by Gasteiger charge is -2.36. The van der Waals surface area contributed by atoms with Gasteiger partial charge in [-0.25, -0.2) is 0 Å². The lowest BCUT2D eigenvalue weighted by atomic mass is 10.1. The van der Waals surface area contributed by atoms with Crippen molar-refractivity contribution in [2.45, 2.75) is 19.4 Å². The summed E-state index contributed by atoms with van der Waals surface area (Å²) in [6.07, 6.45) is 1.15. The SMILES string of the molecule is CCC(CS)CN1CCOCC1CO. The molecule has 0 saturated carbocycles. The molecule has 2 unspecified atom stereocenters. The van der Waals surface area contributed by atoms with E-state index in [1.54, 1.807) is 0 Å². The average Bonchev–Trinajstić information content (AvgIpc) is 2.26. The summed E-state index contributed by atoms with van der Waals surface area (Å²) >= 11 is 4.33.